The summed E-state index contributed by atoms with van der Waals surface area (Å²) in [4.78, 5) is 5.29. The van der Waals surface area contributed by atoms with Gasteiger partial charge in [0.1, 0.15) is 0 Å². The van der Waals surface area contributed by atoms with Crippen molar-refractivity contribution in [3.05, 3.63) is 0 Å². The van der Waals surface area contributed by atoms with Gasteiger partial charge in [0.05, 0.1) is 11.2 Å². The third-order valence-corrected chi connectivity index (χ3v) is 5.02. The molecule has 1 unspecified atom stereocenters. The van der Waals surface area contributed by atoms with E-state index in [0.717, 1.165) is 19.4 Å². The smallest absolute Gasteiger partial charge is 0.0789 e. The molecule has 1 atom stereocenters. The molecule has 0 bridgehead atoms. The Morgan fingerprint density at radius 1 is 1.05 bits per heavy atom. The Morgan fingerprint density at radius 2 is 1.81 bits per heavy atom. The lowest BCUT2D eigenvalue weighted by atomic mass is 9.93. The molecule has 0 radical (unpaired) electrons. The van der Waals surface area contributed by atoms with E-state index in [1.807, 2.05) is 0 Å². The lowest BCUT2D eigenvalue weighted by Crippen LogP contribution is -2.47. The van der Waals surface area contributed by atoms with Crippen molar-refractivity contribution in [1.29, 1.82) is 0 Å². The van der Waals surface area contributed by atoms with Crippen molar-refractivity contribution in [1.82, 2.24) is 9.80 Å². The zero-order valence-corrected chi connectivity index (χ0v) is 14.5. The number of ether oxygens (including phenoxy) is 1. The molecule has 0 aromatic carbocycles. The van der Waals surface area contributed by atoms with Crippen LogP contribution in [-0.4, -0.2) is 66.3 Å². The van der Waals surface area contributed by atoms with Crippen molar-refractivity contribution in [2.75, 3.05) is 39.3 Å². The van der Waals surface area contributed by atoms with Gasteiger partial charge < -0.3 is 15.4 Å². The van der Waals surface area contributed by atoms with E-state index < -0.39 is 0 Å². The van der Waals surface area contributed by atoms with E-state index in [4.69, 9.17) is 10.5 Å². The molecule has 0 spiro atoms. The molecule has 0 aromatic rings. The Bertz CT molecular complexity index is 330. The summed E-state index contributed by atoms with van der Waals surface area (Å²) in [7, 11) is 0. The molecule has 2 aliphatic rings. The van der Waals surface area contributed by atoms with E-state index in [-0.39, 0.29) is 11.2 Å². The van der Waals surface area contributed by atoms with Crippen molar-refractivity contribution in [2.24, 2.45) is 5.73 Å². The third kappa shape index (κ3) is 4.65. The molecule has 21 heavy (non-hydrogen) atoms. The molecule has 4 heteroatoms. The molecule has 2 aliphatic heterocycles. The van der Waals surface area contributed by atoms with Crippen LogP contribution in [0.2, 0.25) is 0 Å². The van der Waals surface area contributed by atoms with E-state index >= 15 is 0 Å². The van der Waals surface area contributed by atoms with Gasteiger partial charge in [-0.25, -0.2) is 0 Å². The topological polar surface area (TPSA) is 41.7 Å². The van der Waals surface area contributed by atoms with Crippen molar-refractivity contribution < 1.29 is 4.74 Å². The predicted octanol–water partition coefficient (Wildman–Crippen LogP) is 2.08. The number of rotatable bonds is 5. The van der Waals surface area contributed by atoms with Gasteiger partial charge in [0.15, 0.2) is 0 Å². The van der Waals surface area contributed by atoms with Crippen LogP contribution in [0.3, 0.4) is 0 Å². The van der Waals surface area contributed by atoms with Gasteiger partial charge in [0.2, 0.25) is 0 Å². The Morgan fingerprint density at radius 3 is 2.43 bits per heavy atom. The second-order valence-electron chi connectivity index (χ2n) is 7.91. The normalized spacial score (nSPS) is 30.4. The first kappa shape index (κ1) is 17.2. The summed E-state index contributed by atoms with van der Waals surface area (Å²) in [5.41, 5.74) is 5.58. The highest BCUT2D eigenvalue weighted by molar-refractivity contribution is 5.00. The van der Waals surface area contributed by atoms with Gasteiger partial charge in [0.25, 0.3) is 0 Å². The summed E-state index contributed by atoms with van der Waals surface area (Å²) in [6.45, 7) is 15.8. The number of nitrogens with two attached hydrogens (primary N) is 1. The molecule has 2 N–H and O–H groups in total. The standard InChI is InChI=1S/C17H35N3O/c1-16(2)14-15(17(3,4)21-16)20-11-7-10-19(12-13-20)9-6-5-8-18/h15H,5-14,18H2,1-4H3. The monoisotopic (exact) mass is 297 g/mol. The fourth-order valence-electron chi connectivity index (χ4n) is 4.11. The van der Waals surface area contributed by atoms with Gasteiger partial charge in [-0.1, -0.05) is 0 Å². The maximum absolute atomic E-state index is 6.28. The molecule has 2 fully saturated rings. The zero-order valence-electron chi connectivity index (χ0n) is 14.5. The summed E-state index contributed by atoms with van der Waals surface area (Å²) in [5.74, 6) is 0. The van der Waals surface area contributed by atoms with Crippen LogP contribution in [0.1, 0.15) is 53.4 Å². The molecule has 2 heterocycles. The highest BCUT2D eigenvalue weighted by Crippen LogP contribution is 2.40. The van der Waals surface area contributed by atoms with E-state index in [1.54, 1.807) is 0 Å². The number of unbranched alkanes of at least 4 members (excludes halogenated alkanes) is 1. The van der Waals surface area contributed by atoms with Crippen LogP contribution in [-0.2, 0) is 4.74 Å². The first-order valence-corrected chi connectivity index (χ1v) is 8.71. The van der Waals surface area contributed by atoms with Gasteiger partial charge in [-0.05, 0) is 79.6 Å². The molecular weight excluding hydrogens is 262 g/mol. The summed E-state index contributed by atoms with van der Waals surface area (Å²) in [6, 6.07) is 0.552. The van der Waals surface area contributed by atoms with Crippen LogP contribution in [0.25, 0.3) is 0 Å². The Kier molecular flexibility index (Phi) is 5.69. The highest BCUT2D eigenvalue weighted by Gasteiger charge is 2.48. The van der Waals surface area contributed by atoms with Crippen LogP contribution >= 0.6 is 0 Å². The molecule has 0 amide bonds. The van der Waals surface area contributed by atoms with Gasteiger partial charge in [-0.2, -0.15) is 0 Å². The van der Waals surface area contributed by atoms with Crippen LogP contribution in [0.15, 0.2) is 0 Å². The zero-order chi connectivity index (χ0) is 15.5. The first-order chi connectivity index (χ1) is 9.84. The van der Waals surface area contributed by atoms with E-state index in [0.29, 0.717) is 6.04 Å². The molecule has 0 saturated carbocycles. The number of nitrogens with zero attached hydrogens (tertiary/aromatic N) is 2. The van der Waals surface area contributed by atoms with E-state index in [2.05, 4.69) is 37.5 Å². The summed E-state index contributed by atoms with van der Waals surface area (Å²) >= 11 is 0. The maximum atomic E-state index is 6.28. The molecule has 2 saturated heterocycles. The van der Waals surface area contributed by atoms with E-state index in [9.17, 15) is 0 Å². The lowest BCUT2D eigenvalue weighted by Gasteiger charge is -2.35. The van der Waals surface area contributed by atoms with Crippen LogP contribution < -0.4 is 5.73 Å². The minimum atomic E-state index is -0.0295. The van der Waals surface area contributed by atoms with Crippen molar-refractivity contribution in [3.63, 3.8) is 0 Å². The quantitative estimate of drug-likeness (QED) is 0.789. The second-order valence-corrected chi connectivity index (χ2v) is 7.91. The Balaban J connectivity index is 1.88. The minimum absolute atomic E-state index is 0.0152. The first-order valence-electron chi connectivity index (χ1n) is 8.71. The lowest BCUT2D eigenvalue weighted by molar-refractivity contribution is -0.0802. The number of hydrogen-bond donors (Lipinski definition) is 1. The van der Waals surface area contributed by atoms with Crippen molar-refractivity contribution in [2.45, 2.75) is 70.6 Å². The van der Waals surface area contributed by atoms with Crippen LogP contribution in [0, 0.1) is 0 Å². The molecular formula is C17H35N3O. The molecule has 0 aliphatic carbocycles. The van der Waals surface area contributed by atoms with Crippen LogP contribution in [0.4, 0.5) is 0 Å². The van der Waals surface area contributed by atoms with Crippen molar-refractivity contribution in [3.8, 4) is 0 Å². The van der Waals surface area contributed by atoms with Gasteiger partial charge in [-0.3, -0.25) is 4.90 Å². The van der Waals surface area contributed by atoms with Crippen LogP contribution in [0.5, 0.6) is 0 Å². The molecule has 124 valence electrons. The molecule has 0 aromatic heterocycles. The number of hydrogen-bond acceptors (Lipinski definition) is 4. The van der Waals surface area contributed by atoms with Crippen molar-refractivity contribution >= 4 is 0 Å². The van der Waals surface area contributed by atoms with E-state index in [1.165, 1.54) is 45.6 Å². The highest BCUT2D eigenvalue weighted by atomic mass is 16.5. The summed E-state index contributed by atoms with van der Waals surface area (Å²) in [6.07, 6.45) is 4.81. The van der Waals surface area contributed by atoms with Gasteiger partial charge in [0, 0.05) is 19.1 Å². The van der Waals surface area contributed by atoms with Gasteiger partial charge >= 0.3 is 0 Å². The molecule has 2 rings (SSSR count). The Labute approximate surface area is 131 Å². The fourth-order valence-corrected chi connectivity index (χ4v) is 4.11. The largest absolute Gasteiger partial charge is 0.368 e. The van der Waals surface area contributed by atoms with Gasteiger partial charge in [-0.15, -0.1) is 0 Å². The summed E-state index contributed by atoms with van der Waals surface area (Å²) in [5, 5.41) is 0. The Hall–Kier alpha value is -0.160. The molecule has 4 nitrogen and oxygen atoms in total. The third-order valence-electron chi connectivity index (χ3n) is 5.02. The SMILES string of the molecule is CC1(C)CC(N2CCCN(CCCCN)CC2)C(C)(C)O1. The average molecular weight is 297 g/mol. The fraction of sp³-hybridized carbons (Fsp3) is 1.00. The minimum Gasteiger partial charge on any atom is -0.368 e. The predicted molar refractivity (Wildman–Crippen MR) is 88.6 cm³/mol. The maximum Gasteiger partial charge on any atom is 0.0789 e. The average Bonchev–Trinajstić information content (AvgIpc) is 2.55. The summed E-state index contributed by atoms with van der Waals surface area (Å²) < 4.78 is 6.28. The second kappa shape index (κ2) is 6.95.